The Labute approximate surface area is 245 Å². The van der Waals surface area contributed by atoms with Crippen molar-refractivity contribution < 1.29 is 19.3 Å². The highest BCUT2D eigenvalue weighted by atomic mass is 16.6. The van der Waals surface area contributed by atoms with Crippen molar-refractivity contribution in [1.29, 1.82) is 0 Å². The van der Waals surface area contributed by atoms with Gasteiger partial charge in [0, 0.05) is 72.5 Å². The lowest BCUT2D eigenvalue weighted by atomic mass is 9.82. The Hall–Kier alpha value is -4.92. The molecule has 2 heterocycles. The van der Waals surface area contributed by atoms with Crippen LogP contribution in [0.3, 0.4) is 0 Å². The fourth-order valence-electron chi connectivity index (χ4n) is 5.57. The van der Waals surface area contributed by atoms with E-state index >= 15 is 0 Å². The molecule has 212 valence electrons. The van der Waals surface area contributed by atoms with E-state index in [4.69, 9.17) is 19.2 Å². The third-order valence-electron chi connectivity index (χ3n) is 7.77. The number of aliphatic hydroxyl groups is 1. The first-order valence-corrected chi connectivity index (χ1v) is 13.6. The summed E-state index contributed by atoms with van der Waals surface area (Å²) in [5.41, 5.74) is 4.68. The summed E-state index contributed by atoms with van der Waals surface area (Å²) in [6.07, 6.45) is 1.84. The highest BCUT2D eigenvalue weighted by Crippen LogP contribution is 2.54. The second kappa shape index (κ2) is 11.2. The van der Waals surface area contributed by atoms with Gasteiger partial charge in [0.05, 0.1) is 14.2 Å². The van der Waals surface area contributed by atoms with Gasteiger partial charge in [0.1, 0.15) is 22.9 Å². The number of benzene rings is 4. The van der Waals surface area contributed by atoms with E-state index in [0.29, 0.717) is 34.0 Å². The molecule has 0 bridgehead atoms. The Balaban J connectivity index is 1.54. The molecule has 5 aromatic rings. The van der Waals surface area contributed by atoms with E-state index in [9.17, 15) is 5.11 Å². The fourth-order valence-corrected chi connectivity index (χ4v) is 5.57. The quantitative estimate of drug-likeness (QED) is 0.235. The van der Waals surface area contributed by atoms with Crippen molar-refractivity contribution in [2.75, 3.05) is 38.1 Å². The maximum absolute atomic E-state index is 11.1. The molecule has 1 N–H and O–H groups in total. The fraction of sp³-hybridized carbons (Fsp3) is 0.176. The molecule has 0 aliphatic carbocycles. The Morgan fingerprint density at radius 3 is 1.62 bits per heavy atom. The molecule has 1 aliphatic rings. The van der Waals surface area contributed by atoms with Crippen molar-refractivity contribution in [2.24, 2.45) is 0 Å². The number of nitrogens with zero attached hydrogens (tertiary/aromatic N) is 4. The van der Waals surface area contributed by atoms with Crippen LogP contribution in [0, 0.1) is 0 Å². The topological polar surface area (TPSA) is 80.2 Å². The van der Waals surface area contributed by atoms with Gasteiger partial charge in [-0.15, -0.1) is 0 Å². The van der Waals surface area contributed by atoms with E-state index in [1.807, 2.05) is 111 Å². The first-order valence-electron chi connectivity index (χ1n) is 13.6. The maximum atomic E-state index is 11.1. The number of rotatable bonds is 8. The SMILES string of the molecule is COc1cc(N(C)c2ccccc2)ccc1C1(c2ccc(N(C)c3ccccc3)cc2OC)OC(O)c2nccnc21. The maximum Gasteiger partial charge on any atom is 0.202 e. The average molecular weight is 561 g/mol. The smallest absolute Gasteiger partial charge is 0.202 e. The van der Waals surface area contributed by atoms with Gasteiger partial charge >= 0.3 is 0 Å². The molecule has 0 saturated heterocycles. The van der Waals surface area contributed by atoms with Gasteiger partial charge in [0.15, 0.2) is 5.60 Å². The van der Waals surface area contributed by atoms with Crippen LogP contribution < -0.4 is 19.3 Å². The number of fused-ring (bicyclic) bond motifs is 1. The van der Waals surface area contributed by atoms with Gasteiger partial charge in [0.2, 0.25) is 6.29 Å². The summed E-state index contributed by atoms with van der Waals surface area (Å²) in [4.78, 5) is 13.3. The number of methoxy groups -OCH3 is 2. The van der Waals surface area contributed by atoms with Gasteiger partial charge in [-0.25, -0.2) is 0 Å². The summed E-state index contributed by atoms with van der Waals surface area (Å²) in [6.45, 7) is 0. The zero-order valence-electron chi connectivity index (χ0n) is 23.9. The molecule has 8 heteroatoms. The summed E-state index contributed by atoms with van der Waals surface area (Å²) in [5.74, 6) is 1.13. The molecule has 1 unspecified atom stereocenters. The molecular weight excluding hydrogens is 528 g/mol. The third kappa shape index (κ3) is 4.51. The van der Waals surface area contributed by atoms with E-state index in [1.54, 1.807) is 26.6 Å². The van der Waals surface area contributed by atoms with Crippen LogP contribution >= 0.6 is 0 Å². The van der Waals surface area contributed by atoms with Crippen LogP contribution in [0.5, 0.6) is 11.5 Å². The molecule has 1 aliphatic heterocycles. The molecule has 0 amide bonds. The number of hydrogen-bond acceptors (Lipinski definition) is 8. The van der Waals surface area contributed by atoms with Crippen LogP contribution in [0.2, 0.25) is 0 Å². The number of aromatic nitrogens is 2. The van der Waals surface area contributed by atoms with Crippen molar-refractivity contribution in [1.82, 2.24) is 9.97 Å². The Morgan fingerprint density at radius 1 is 0.667 bits per heavy atom. The molecule has 0 spiro atoms. The molecule has 0 fully saturated rings. The molecule has 8 nitrogen and oxygen atoms in total. The molecule has 1 aromatic heterocycles. The number of anilines is 4. The molecule has 0 radical (unpaired) electrons. The largest absolute Gasteiger partial charge is 0.496 e. The molecule has 42 heavy (non-hydrogen) atoms. The summed E-state index contributed by atoms with van der Waals surface area (Å²) < 4.78 is 18.5. The zero-order chi connectivity index (χ0) is 29.3. The van der Waals surface area contributed by atoms with Gasteiger partial charge in [-0.1, -0.05) is 36.4 Å². The van der Waals surface area contributed by atoms with Crippen LogP contribution in [0.1, 0.15) is 28.8 Å². The first-order chi connectivity index (χ1) is 20.5. The summed E-state index contributed by atoms with van der Waals surface area (Å²) in [7, 11) is 7.25. The molecule has 0 saturated carbocycles. The number of aliphatic hydroxyl groups excluding tert-OH is 1. The second-order valence-electron chi connectivity index (χ2n) is 10.00. The van der Waals surface area contributed by atoms with Crippen LogP contribution in [0.15, 0.2) is 109 Å². The Morgan fingerprint density at radius 2 is 1.14 bits per heavy atom. The zero-order valence-corrected chi connectivity index (χ0v) is 23.9. The first kappa shape index (κ1) is 27.3. The van der Waals surface area contributed by atoms with Crippen LogP contribution in [0.25, 0.3) is 0 Å². The summed E-state index contributed by atoms with van der Waals surface area (Å²) >= 11 is 0. The molecule has 6 rings (SSSR count). The highest BCUT2D eigenvalue weighted by Gasteiger charge is 2.53. The van der Waals surface area contributed by atoms with Gasteiger partial charge in [-0.05, 0) is 48.5 Å². The van der Waals surface area contributed by atoms with Crippen molar-refractivity contribution >= 4 is 22.7 Å². The lowest BCUT2D eigenvalue weighted by molar-refractivity contribution is -0.143. The van der Waals surface area contributed by atoms with Crippen LogP contribution in [-0.4, -0.2) is 43.4 Å². The molecular formula is C34H32N4O4. The van der Waals surface area contributed by atoms with Crippen molar-refractivity contribution in [3.05, 3.63) is 132 Å². The van der Waals surface area contributed by atoms with E-state index < -0.39 is 11.9 Å². The predicted octanol–water partition coefficient (Wildman–Crippen LogP) is 6.34. The van der Waals surface area contributed by atoms with Crippen molar-refractivity contribution in [3.63, 3.8) is 0 Å². The average Bonchev–Trinajstić information content (AvgIpc) is 3.36. The number of ether oxygens (including phenoxy) is 3. The lowest BCUT2D eigenvalue weighted by Gasteiger charge is -2.33. The minimum atomic E-state index is -1.37. The molecule has 4 aromatic carbocycles. The summed E-state index contributed by atoms with van der Waals surface area (Å²) in [6, 6.07) is 32.0. The lowest BCUT2D eigenvalue weighted by Crippen LogP contribution is -2.31. The number of para-hydroxylation sites is 2. The Kier molecular flexibility index (Phi) is 7.24. The monoisotopic (exact) mass is 560 g/mol. The highest BCUT2D eigenvalue weighted by molar-refractivity contribution is 5.70. The van der Waals surface area contributed by atoms with Gasteiger partial charge in [0.25, 0.3) is 0 Å². The van der Waals surface area contributed by atoms with Gasteiger partial charge in [-0.3, -0.25) is 9.97 Å². The van der Waals surface area contributed by atoms with E-state index in [1.165, 1.54) is 0 Å². The van der Waals surface area contributed by atoms with Gasteiger partial charge < -0.3 is 29.1 Å². The van der Waals surface area contributed by atoms with Gasteiger partial charge in [-0.2, -0.15) is 0 Å². The van der Waals surface area contributed by atoms with E-state index in [2.05, 4.69) is 14.8 Å². The molecule has 1 atom stereocenters. The minimum absolute atomic E-state index is 0.345. The van der Waals surface area contributed by atoms with E-state index in [-0.39, 0.29) is 0 Å². The van der Waals surface area contributed by atoms with E-state index in [0.717, 1.165) is 22.7 Å². The normalized spacial score (nSPS) is 15.1. The van der Waals surface area contributed by atoms with Crippen molar-refractivity contribution in [3.8, 4) is 11.5 Å². The minimum Gasteiger partial charge on any atom is -0.496 e. The van der Waals surface area contributed by atoms with Crippen molar-refractivity contribution in [2.45, 2.75) is 11.9 Å². The van der Waals surface area contributed by atoms with Crippen LogP contribution in [0.4, 0.5) is 22.7 Å². The third-order valence-corrected chi connectivity index (χ3v) is 7.77. The summed E-state index contributed by atoms with van der Waals surface area (Å²) in [5, 5.41) is 11.1. The Bertz CT molecular complexity index is 1600. The second-order valence-corrected chi connectivity index (χ2v) is 10.00. The number of hydrogen-bond donors (Lipinski definition) is 1. The predicted molar refractivity (Wildman–Crippen MR) is 163 cm³/mol. The van der Waals surface area contributed by atoms with Crippen LogP contribution in [-0.2, 0) is 10.3 Å². The standard InChI is InChI=1S/C34H32N4O4/c1-37(23-11-7-5-8-12-23)25-15-17-27(29(21-25)40-3)34(32-31(33(39)42-34)35-19-20-36-32)28-18-16-26(22-30(28)41-4)38(2)24-13-9-6-10-14-24/h5-22,33,39H,1-4H3.